The highest BCUT2D eigenvalue weighted by molar-refractivity contribution is 7.89. The molecule has 0 amide bonds. The third-order valence-corrected chi connectivity index (χ3v) is 4.49. The van der Waals surface area contributed by atoms with Gasteiger partial charge < -0.3 is 5.11 Å². The second-order valence-electron chi connectivity index (χ2n) is 4.80. The van der Waals surface area contributed by atoms with E-state index in [0.717, 1.165) is 5.56 Å². The van der Waals surface area contributed by atoms with Crippen LogP contribution >= 0.6 is 0 Å². The molecule has 1 aromatic carbocycles. The second-order valence-corrected chi connectivity index (χ2v) is 6.84. The highest BCUT2D eigenvalue weighted by atomic mass is 32.2. The molecule has 102 valence electrons. The van der Waals surface area contributed by atoms with Gasteiger partial charge in [-0.2, -0.15) is 0 Å². The van der Waals surface area contributed by atoms with E-state index in [2.05, 4.69) is 0 Å². The number of benzene rings is 1. The first-order valence-electron chi connectivity index (χ1n) is 6.04. The van der Waals surface area contributed by atoms with Crippen molar-refractivity contribution in [1.29, 1.82) is 0 Å². The highest BCUT2D eigenvalue weighted by Crippen LogP contribution is 2.16. The van der Waals surface area contributed by atoms with Gasteiger partial charge in [0.1, 0.15) is 0 Å². The van der Waals surface area contributed by atoms with Gasteiger partial charge in [-0.1, -0.05) is 26.0 Å². The Kier molecular flexibility index (Phi) is 5.31. The van der Waals surface area contributed by atoms with E-state index >= 15 is 0 Å². The van der Waals surface area contributed by atoms with Gasteiger partial charge in [-0.05, 0) is 30.0 Å². The maximum atomic E-state index is 12.2. The number of hydrogen-bond acceptors (Lipinski definition) is 3. The fourth-order valence-corrected chi connectivity index (χ4v) is 3.08. The van der Waals surface area contributed by atoms with E-state index in [-0.39, 0.29) is 6.61 Å². The molecule has 1 N–H and O–H groups in total. The lowest BCUT2D eigenvalue weighted by Crippen LogP contribution is -2.30. The average Bonchev–Trinajstić information content (AvgIpc) is 2.29. The van der Waals surface area contributed by atoms with Gasteiger partial charge in [0, 0.05) is 20.2 Å². The van der Waals surface area contributed by atoms with Crippen LogP contribution in [0.3, 0.4) is 0 Å². The zero-order valence-corrected chi connectivity index (χ0v) is 11.9. The summed E-state index contributed by atoms with van der Waals surface area (Å²) in [6.07, 6.45) is 0.544. The molecule has 0 spiro atoms. The minimum Gasteiger partial charge on any atom is -0.396 e. The molecular formula is C13H21NO3S. The van der Waals surface area contributed by atoms with Crippen LogP contribution in [-0.4, -0.2) is 38.0 Å². The van der Waals surface area contributed by atoms with Crippen molar-refractivity contribution in [2.45, 2.75) is 25.2 Å². The van der Waals surface area contributed by atoms with Crippen molar-refractivity contribution in [3.05, 3.63) is 29.8 Å². The Morgan fingerprint density at radius 2 is 1.78 bits per heavy atom. The van der Waals surface area contributed by atoms with Crippen molar-refractivity contribution in [1.82, 2.24) is 4.31 Å². The number of aliphatic hydroxyl groups is 1. The molecule has 0 aliphatic rings. The molecule has 0 aliphatic heterocycles. The molecular weight excluding hydrogens is 250 g/mol. The van der Waals surface area contributed by atoms with Crippen LogP contribution in [0, 0.1) is 5.92 Å². The molecule has 18 heavy (non-hydrogen) atoms. The molecule has 1 rings (SSSR count). The zero-order chi connectivity index (χ0) is 13.8. The quantitative estimate of drug-likeness (QED) is 0.853. The Bertz CT molecular complexity index is 466. The summed E-state index contributed by atoms with van der Waals surface area (Å²) in [6.45, 7) is 4.53. The van der Waals surface area contributed by atoms with Crippen molar-refractivity contribution in [3.8, 4) is 0 Å². The number of nitrogens with zero attached hydrogens (tertiary/aromatic N) is 1. The molecule has 0 aromatic heterocycles. The monoisotopic (exact) mass is 271 g/mol. The topological polar surface area (TPSA) is 57.6 Å². The Balaban J connectivity index is 2.91. The van der Waals surface area contributed by atoms with Crippen molar-refractivity contribution in [3.63, 3.8) is 0 Å². The minimum absolute atomic E-state index is 0.0688. The van der Waals surface area contributed by atoms with Gasteiger partial charge in [-0.15, -0.1) is 0 Å². The first kappa shape index (κ1) is 15.1. The average molecular weight is 271 g/mol. The summed E-state index contributed by atoms with van der Waals surface area (Å²) in [6, 6.07) is 6.67. The van der Waals surface area contributed by atoms with Crippen LogP contribution in [0.2, 0.25) is 0 Å². The number of sulfonamides is 1. The van der Waals surface area contributed by atoms with Gasteiger partial charge >= 0.3 is 0 Å². The maximum Gasteiger partial charge on any atom is 0.242 e. The van der Waals surface area contributed by atoms with Crippen molar-refractivity contribution in [2.24, 2.45) is 5.92 Å². The largest absolute Gasteiger partial charge is 0.396 e. The van der Waals surface area contributed by atoms with Gasteiger partial charge in [0.2, 0.25) is 10.0 Å². The fourth-order valence-electron chi connectivity index (χ4n) is 1.75. The van der Waals surface area contributed by atoms with E-state index in [1.54, 1.807) is 31.3 Å². The zero-order valence-electron chi connectivity index (χ0n) is 11.1. The van der Waals surface area contributed by atoms with Crippen LogP contribution in [-0.2, 0) is 16.4 Å². The van der Waals surface area contributed by atoms with E-state index in [0.29, 0.717) is 23.8 Å². The number of hydrogen-bond donors (Lipinski definition) is 1. The van der Waals surface area contributed by atoms with E-state index in [4.69, 9.17) is 5.11 Å². The lowest BCUT2D eigenvalue weighted by molar-refractivity contribution is 0.299. The predicted molar refractivity (Wildman–Crippen MR) is 71.9 cm³/mol. The SMILES string of the molecule is CC(C)CN(C)S(=O)(=O)c1ccc(CCO)cc1. The van der Waals surface area contributed by atoms with Gasteiger partial charge in [0.15, 0.2) is 0 Å². The molecule has 4 nitrogen and oxygen atoms in total. The van der Waals surface area contributed by atoms with Gasteiger partial charge in [0.05, 0.1) is 4.90 Å². The third-order valence-electron chi connectivity index (χ3n) is 2.65. The maximum absolute atomic E-state index is 12.2. The summed E-state index contributed by atoms with van der Waals surface area (Å²) in [5.41, 5.74) is 0.933. The molecule has 0 heterocycles. The first-order chi connectivity index (χ1) is 8.37. The summed E-state index contributed by atoms with van der Waals surface area (Å²) < 4.78 is 25.8. The van der Waals surface area contributed by atoms with Gasteiger partial charge in [-0.25, -0.2) is 12.7 Å². The molecule has 1 aromatic rings. The van der Waals surface area contributed by atoms with Crippen molar-refractivity contribution >= 4 is 10.0 Å². The highest BCUT2D eigenvalue weighted by Gasteiger charge is 2.20. The van der Waals surface area contributed by atoms with Crippen LogP contribution in [0.4, 0.5) is 0 Å². The molecule has 0 atom stereocenters. The summed E-state index contributed by atoms with van der Waals surface area (Å²) in [4.78, 5) is 0.298. The summed E-state index contributed by atoms with van der Waals surface area (Å²) >= 11 is 0. The Labute approximate surface area is 109 Å². The van der Waals surface area contributed by atoms with Crippen molar-refractivity contribution < 1.29 is 13.5 Å². The van der Waals surface area contributed by atoms with E-state index in [1.807, 2.05) is 13.8 Å². The summed E-state index contributed by atoms with van der Waals surface area (Å²) in [5.74, 6) is 0.290. The molecule has 0 radical (unpaired) electrons. The molecule has 0 saturated heterocycles. The summed E-state index contributed by atoms with van der Waals surface area (Å²) in [5, 5.41) is 8.81. The van der Waals surface area contributed by atoms with Crippen LogP contribution in [0.1, 0.15) is 19.4 Å². The van der Waals surface area contributed by atoms with Crippen LogP contribution < -0.4 is 0 Å². The smallest absolute Gasteiger partial charge is 0.242 e. The van der Waals surface area contributed by atoms with Crippen molar-refractivity contribution in [2.75, 3.05) is 20.2 Å². The molecule has 0 bridgehead atoms. The van der Waals surface area contributed by atoms with Gasteiger partial charge in [-0.3, -0.25) is 0 Å². The minimum atomic E-state index is -3.39. The Morgan fingerprint density at radius 3 is 2.22 bits per heavy atom. The number of rotatable bonds is 6. The second kappa shape index (κ2) is 6.31. The Hall–Kier alpha value is -0.910. The molecule has 5 heteroatoms. The summed E-state index contributed by atoms with van der Waals surface area (Å²) in [7, 11) is -1.80. The van der Waals surface area contributed by atoms with Gasteiger partial charge in [0.25, 0.3) is 0 Å². The molecule has 0 fully saturated rings. The molecule has 0 unspecified atom stereocenters. The molecule has 0 aliphatic carbocycles. The van der Waals surface area contributed by atoms with E-state index in [9.17, 15) is 8.42 Å². The lowest BCUT2D eigenvalue weighted by atomic mass is 10.2. The first-order valence-corrected chi connectivity index (χ1v) is 7.48. The fraction of sp³-hybridized carbons (Fsp3) is 0.538. The van der Waals surface area contributed by atoms with Crippen LogP contribution in [0.25, 0.3) is 0 Å². The number of aliphatic hydroxyl groups excluding tert-OH is 1. The molecule has 0 saturated carbocycles. The van der Waals surface area contributed by atoms with E-state index < -0.39 is 10.0 Å². The third kappa shape index (κ3) is 3.80. The normalized spacial score (nSPS) is 12.3. The van der Waals surface area contributed by atoms with Crippen LogP contribution in [0.5, 0.6) is 0 Å². The lowest BCUT2D eigenvalue weighted by Gasteiger charge is -2.19. The van der Waals surface area contributed by atoms with Crippen LogP contribution in [0.15, 0.2) is 29.2 Å². The Morgan fingerprint density at radius 1 is 1.22 bits per heavy atom. The predicted octanol–water partition coefficient (Wildman–Crippen LogP) is 1.50. The van der Waals surface area contributed by atoms with E-state index in [1.165, 1.54) is 4.31 Å². The standard InChI is InChI=1S/C13H21NO3S/c1-11(2)10-14(3)18(16,17)13-6-4-12(5-7-13)8-9-15/h4-7,11,15H,8-10H2,1-3H3.